The molecule has 0 fully saturated rings. The molecule has 0 heterocycles. The lowest BCUT2D eigenvalue weighted by molar-refractivity contribution is 0.0949. The van der Waals surface area contributed by atoms with Gasteiger partial charge < -0.3 is 10.6 Å². The summed E-state index contributed by atoms with van der Waals surface area (Å²) in [5, 5.41) is 6.05. The maximum atomic E-state index is 13.5. The largest absolute Gasteiger partial charge is 0.348 e. The normalized spacial score (nSPS) is 10.8. The van der Waals surface area contributed by atoms with Crippen molar-refractivity contribution >= 4 is 32.0 Å². The standard InChI is InChI=1S/C26H29FN3O2P/c1-3-30(4-2)17-21-9-6-5-8-20(21)16-28-25(31)18-10-7-11-22(14-18)29-26(32)19-12-13-23(27)24(33)15-19/h5-15H,3-4,16-17,33H2,1-2H3,(H,28,31)(H,29,32). The van der Waals surface area contributed by atoms with Crippen LogP contribution in [0.5, 0.6) is 0 Å². The van der Waals surface area contributed by atoms with E-state index in [-0.39, 0.29) is 11.8 Å². The summed E-state index contributed by atoms with van der Waals surface area (Å²) in [4.78, 5) is 27.6. The molecule has 172 valence electrons. The molecule has 0 spiro atoms. The summed E-state index contributed by atoms with van der Waals surface area (Å²) < 4.78 is 13.5. The van der Waals surface area contributed by atoms with Crippen molar-refractivity contribution in [1.82, 2.24) is 10.2 Å². The Balaban J connectivity index is 1.65. The van der Waals surface area contributed by atoms with Gasteiger partial charge >= 0.3 is 0 Å². The molecule has 0 radical (unpaired) electrons. The molecule has 2 amide bonds. The first kappa shape index (κ1) is 24.6. The Labute approximate surface area is 196 Å². The number of hydrogen-bond acceptors (Lipinski definition) is 3. The molecule has 3 rings (SSSR count). The van der Waals surface area contributed by atoms with Gasteiger partial charge in [-0.2, -0.15) is 0 Å². The van der Waals surface area contributed by atoms with Gasteiger partial charge in [0.1, 0.15) is 5.82 Å². The average molecular weight is 466 g/mol. The molecule has 1 atom stereocenters. The number of anilines is 1. The van der Waals surface area contributed by atoms with Gasteiger partial charge in [0.2, 0.25) is 0 Å². The number of nitrogens with one attached hydrogen (secondary N) is 2. The molecular formula is C26H29FN3O2P. The molecule has 3 aromatic rings. The summed E-state index contributed by atoms with van der Waals surface area (Å²) in [5.74, 6) is -0.992. The van der Waals surface area contributed by atoms with Crippen LogP contribution in [0.4, 0.5) is 10.1 Å². The van der Waals surface area contributed by atoms with E-state index in [2.05, 4.69) is 44.7 Å². The average Bonchev–Trinajstić information content (AvgIpc) is 2.83. The monoisotopic (exact) mass is 465 g/mol. The van der Waals surface area contributed by atoms with Crippen LogP contribution in [0, 0.1) is 5.82 Å². The van der Waals surface area contributed by atoms with Crippen LogP contribution in [-0.2, 0) is 13.1 Å². The van der Waals surface area contributed by atoms with Crippen LogP contribution in [0.25, 0.3) is 0 Å². The van der Waals surface area contributed by atoms with Gasteiger partial charge in [0, 0.05) is 35.2 Å². The summed E-state index contributed by atoms with van der Waals surface area (Å²) >= 11 is 0. The third kappa shape index (κ3) is 6.70. The van der Waals surface area contributed by atoms with Crippen LogP contribution in [0.1, 0.15) is 45.7 Å². The fourth-order valence-corrected chi connectivity index (χ4v) is 3.75. The molecule has 0 aliphatic heterocycles. The summed E-state index contributed by atoms with van der Waals surface area (Å²) in [6, 6.07) is 19.0. The minimum atomic E-state index is -0.395. The van der Waals surface area contributed by atoms with Gasteiger partial charge in [0.25, 0.3) is 11.8 Å². The van der Waals surface area contributed by atoms with Gasteiger partial charge in [-0.15, -0.1) is 9.24 Å². The lowest BCUT2D eigenvalue weighted by Crippen LogP contribution is -2.26. The summed E-state index contributed by atoms with van der Waals surface area (Å²) in [6.45, 7) is 7.45. The lowest BCUT2D eigenvalue weighted by Gasteiger charge is -2.20. The van der Waals surface area contributed by atoms with E-state index in [9.17, 15) is 14.0 Å². The first-order chi connectivity index (χ1) is 15.9. The number of nitrogens with zero attached hydrogens (tertiary/aromatic N) is 1. The second-order valence-electron chi connectivity index (χ2n) is 7.68. The fourth-order valence-electron chi connectivity index (χ4n) is 3.48. The van der Waals surface area contributed by atoms with Gasteiger partial charge in [-0.25, -0.2) is 4.39 Å². The molecule has 0 saturated carbocycles. The lowest BCUT2D eigenvalue weighted by atomic mass is 10.1. The van der Waals surface area contributed by atoms with E-state index in [1.165, 1.54) is 23.8 Å². The Morgan fingerprint density at radius 3 is 2.27 bits per heavy atom. The molecule has 7 heteroatoms. The second kappa shape index (κ2) is 11.7. The number of benzene rings is 3. The first-order valence-electron chi connectivity index (χ1n) is 10.9. The molecular weight excluding hydrogens is 436 g/mol. The van der Waals surface area contributed by atoms with Gasteiger partial charge in [0.15, 0.2) is 0 Å². The number of carbonyl (C=O) groups is 2. The highest BCUT2D eigenvalue weighted by molar-refractivity contribution is 7.27. The number of hydrogen-bond donors (Lipinski definition) is 2. The Hall–Kier alpha value is -3.08. The topological polar surface area (TPSA) is 61.4 Å². The molecule has 0 saturated heterocycles. The third-order valence-corrected chi connectivity index (χ3v) is 5.93. The highest BCUT2D eigenvalue weighted by atomic mass is 31.0. The Morgan fingerprint density at radius 1 is 0.879 bits per heavy atom. The van der Waals surface area contributed by atoms with E-state index in [4.69, 9.17) is 0 Å². The summed E-state index contributed by atoms with van der Waals surface area (Å²) in [6.07, 6.45) is 0. The molecule has 1 unspecified atom stereocenters. The minimum absolute atomic E-state index is 0.224. The summed E-state index contributed by atoms with van der Waals surface area (Å²) in [7, 11) is 2.26. The molecule has 0 aliphatic carbocycles. The van der Waals surface area contributed by atoms with Crippen molar-refractivity contribution in [2.24, 2.45) is 0 Å². The van der Waals surface area contributed by atoms with Crippen molar-refractivity contribution in [2.75, 3.05) is 18.4 Å². The smallest absolute Gasteiger partial charge is 0.255 e. The molecule has 0 bridgehead atoms. The number of halogens is 1. The van der Waals surface area contributed by atoms with Gasteiger partial charge in [-0.05, 0) is 60.6 Å². The zero-order chi connectivity index (χ0) is 23.8. The van der Waals surface area contributed by atoms with Crippen LogP contribution in [0.2, 0.25) is 0 Å². The van der Waals surface area contributed by atoms with Crippen LogP contribution in [0.3, 0.4) is 0 Å². The Bertz CT molecular complexity index is 1130. The van der Waals surface area contributed by atoms with Crippen LogP contribution in [0.15, 0.2) is 66.7 Å². The van der Waals surface area contributed by atoms with Crippen molar-refractivity contribution in [1.29, 1.82) is 0 Å². The molecule has 0 aliphatic rings. The van der Waals surface area contributed by atoms with E-state index in [0.29, 0.717) is 28.7 Å². The van der Waals surface area contributed by atoms with Gasteiger partial charge in [0.05, 0.1) is 0 Å². The predicted molar refractivity (Wildman–Crippen MR) is 134 cm³/mol. The van der Waals surface area contributed by atoms with E-state index >= 15 is 0 Å². The van der Waals surface area contributed by atoms with Crippen molar-refractivity contribution in [3.05, 3.63) is 94.8 Å². The van der Waals surface area contributed by atoms with Crippen LogP contribution >= 0.6 is 9.24 Å². The highest BCUT2D eigenvalue weighted by Crippen LogP contribution is 2.15. The maximum absolute atomic E-state index is 13.5. The Morgan fingerprint density at radius 2 is 1.58 bits per heavy atom. The third-order valence-electron chi connectivity index (χ3n) is 5.49. The SMILES string of the molecule is CCN(CC)Cc1ccccc1CNC(=O)c1cccc(NC(=O)c2ccc(F)c(P)c2)c1. The molecule has 2 N–H and O–H groups in total. The van der Waals surface area contributed by atoms with Crippen LogP contribution in [-0.4, -0.2) is 29.8 Å². The summed E-state index contributed by atoms with van der Waals surface area (Å²) in [5.41, 5.74) is 3.53. The van der Waals surface area contributed by atoms with E-state index in [1.54, 1.807) is 24.3 Å². The van der Waals surface area contributed by atoms with Crippen molar-refractivity contribution in [2.45, 2.75) is 26.9 Å². The van der Waals surface area contributed by atoms with Crippen molar-refractivity contribution in [3.63, 3.8) is 0 Å². The van der Waals surface area contributed by atoms with Gasteiger partial charge in [-0.3, -0.25) is 14.5 Å². The molecule has 5 nitrogen and oxygen atoms in total. The molecule has 0 aromatic heterocycles. The van der Waals surface area contributed by atoms with E-state index < -0.39 is 5.82 Å². The minimum Gasteiger partial charge on any atom is -0.348 e. The fraction of sp³-hybridized carbons (Fsp3) is 0.231. The molecule has 33 heavy (non-hydrogen) atoms. The van der Waals surface area contributed by atoms with Gasteiger partial charge in [-0.1, -0.05) is 44.2 Å². The Kier molecular flexibility index (Phi) is 8.70. The zero-order valence-corrected chi connectivity index (χ0v) is 20.1. The first-order valence-corrected chi connectivity index (χ1v) is 11.5. The second-order valence-corrected chi connectivity index (χ2v) is 8.31. The number of amides is 2. The highest BCUT2D eigenvalue weighted by Gasteiger charge is 2.12. The zero-order valence-electron chi connectivity index (χ0n) is 18.9. The van der Waals surface area contributed by atoms with Crippen molar-refractivity contribution in [3.8, 4) is 0 Å². The van der Waals surface area contributed by atoms with E-state index in [1.807, 2.05) is 18.2 Å². The molecule has 3 aromatic carbocycles. The van der Waals surface area contributed by atoms with Crippen LogP contribution < -0.4 is 15.9 Å². The maximum Gasteiger partial charge on any atom is 0.255 e. The van der Waals surface area contributed by atoms with Crippen molar-refractivity contribution < 1.29 is 14.0 Å². The van der Waals surface area contributed by atoms with E-state index in [0.717, 1.165) is 25.2 Å². The number of carbonyl (C=O) groups excluding carboxylic acids is 2. The number of rotatable bonds is 9. The predicted octanol–water partition coefficient (Wildman–Crippen LogP) is 4.35. The quantitative estimate of drug-likeness (QED) is 0.462.